The maximum Gasteiger partial charge on any atom is 0.243 e. The van der Waals surface area contributed by atoms with Crippen LogP contribution in [0.15, 0.2) is 0 Å². The minimum absolute atomic E-state index is 0.114. The lowest BCUT2D eigenvalue weighted by Crippen LogP contribution is -2.61. The molecule has 0 aromatic rings. The number of piperazine rings is 1. The molecule has 1 aliphatic rings. The summed E-state index contributed by atoms with van der Waals surface area (Å²) in [5, 5.41) is 0. The number of carbonyl (C=O) groups excluding carboxylic acids is 1. The number of rotatable bonds is 3. The first-order valence-corrected chi connectivity index (χ1v) is 7.89. The van der Waals surface area contributed by atoms with Gasteiger partial charge in [-0.05, 0) is 20.9 Å². The number of nitrogens with two attached hydrogens (primary N) is 1. The molecule has 7 heteroatoms. The summed E-state index contributed by atoms with van der Waals surface area (Å²) in [7, 11) is -1.48. The predicted molar refractivity (Wildman–Crippen MR) is 71.0 cm³/mol. The second-order valence-electron chi connectivity index (χ2n) is 5.43. The van der Waals surface area contributed by atoms with Gasteiger partial charge in [0.2, 0.25) is 5.91 Å². The third kappa shape index (κ3) is 2.84. The summed E-state index contributed by atoms with van der Waals surface area (Å²) in [5.41, 5.74) is 5.68. The molecule has 1 unspecified atom stereocenters. The van der Waals surface area contributed by atoms with E-state index < -0.39 is 14.6 Å². The second-order valence-corrected chi connectivity index (χ2v) is 8.00. The van der Waals surface area contributed by atoms with E-state index in [-0.39, 0.29) is 11.9 Å². The smallest absolute Gasteiger partial charge is 0.243 e. The molecule has 1 amide bonds. The lowest BCUT2D eigenvalue weighted by Gasteiger charge is -2.42. The average molecular weight is 277 g/mol. The molecule has 2 N–H and O–H groups in total. The van der Waals surface area contributed by atoms with Gasteiger partial charge < -0.3 is 15.5 Å². The summed E-state index contributed by atoms with van der Waals surface area (Å²) in [6, 6.07) is -0.114. The predicted octanol–water partition coefficient (Wildman–Crippen LogP) is -1.09. The van der Waals surface area contributed by atoms with Crippen molar-refractivity contribution in [2.24, 2.45) is 5.73 Å². The molecule has 18 heavy (non-hydrogen) atoms. The number of hydrogen-bond acceptors (Lipinski definition) is 5. The summed E-state index contributed by atoms with van der Waals surface area (Å²) in [4.78, 5) is 16.1. The minimum atomic E-state index is -3.44. The number of sulfone groups is 1. The summed E-state index contributed by atoms with van der Waals surface area (Å²) in [5.74, 6) is -0.353. The Bertz CT molecular complexity index is 419. The van der Waals surface area contributed by atoms with Crippen LogP contribution in [-0.4, -0.2) is 74.4 Å². The maximum atomic E-state index is 12.4. The highest BCUT2D eigenvalue weighted by molar-refractivity contribution is 7.92. The molecule has 0 bridgehead atoms. The highest BCUT2D eigenvalue weighted by atomic mass is 32.2. The summed E-state index contributed by atoms with van der Waals surface area (Å²) in [6.45, 7) is 5.20. The Kier molecular flexibility index (Phi) is 4.40. The molecule has 106 valence electrons. The van der Waals surface area contributed by atoms with Crippen molar-refractivity contribution >= 4 is 15.7 Å². The molecule has 0 aliphatic carbocycles. The van der Waals surface area contributed by atoms with Crippen LogP contribution in [-0.2, 0) is 14.6 Å². The summed E-state index contributed by atoms with van der Waals surface area (Å²) < 4.78 is 22.0. The van der Waals surface area contributed by atoms with Crippen LogP contribution < -0.4 is 5.73 Å². The lowest BCUT2D eigenvalue weighted by atomic mass is 10.1. The highest BCUT2D eigenvalue weighted by Crippen LogP contribution is 2.21. The molecule has 1 saturated heterocycles. The van der Waals surface area contributed by atoms with Gasteiger partial charge in [-0.25, -0.2) is 8.42 Å². The van der Waals surface area contributed by atoms with Gasteiger partial charge in [0.05, 0.1) is 6.04 Å². The van der Waals surface area contributed by atoms with Gasteiger partial charge in [-0.1, -0.05) is 0 Å². The Labute approximate surface area is 109 Å². The van der Waals surface area contributed by atoms with Crippen molar-refractivity contribution in [1.29, 1.82) is 0 Å². The van der Waals surface area contributed by atoms with E-state index in [4.69, 9.17) is 5.73 Å². The first kappa shape index (κ1) is 15.4. The van der Waals surface area contributed by atoms with Crippen LogP contribution in [0.5, 0.6) is 0 Å². The first-order valence-electron chi connectivity index (χ1n) is 6.00. The zero-order chi connectivity index (χ0) is 14.1. The largest absolute Gasteiger partial charge is 0.335 e. The van der Waals surface area contributed by atoms with Crippen molar-refractivity contribution in [1.82, 2.24) is 9.80 Å². The SMILES string of the molecule is CN1CCN(C(=O)C(C)(C)S(C)(=O)=O)C(CN)C1. The van der Waals surface area contributed by atoms with Crippen molar-refractivity contribution in [3.05, 3.63) is 0 Å². The zero-order valence-electron chi connectivity index (χ0n) is 11.5. The topological polar surface area (TPSA) is 83.7 Å². The van der Waals surface area contributed by atoms with E-state index in [2.05, 4.69) is 4.90 Å². The van der Waals surface area contributed by atoms with Crippen molar-refractivity contribution in [3.8, 4) is 0 Å². The Morgan fingerprint density at radius 1 is 1.39 bits per heavy atom. The van der Waals surface area contributed by atoms with Gasteiger partial charge in [0.15, 0.2) is 9.84 Å². The molecule has 1 heterocycles. The van der Waals surface area contributed by atoms with Crippen LogP contribution in [0.4, 0.5) is 0 Å². The fraction of sp³-hybridized carbons (Fsp3) is 0.909. The van der Waals surface area contributed by atoms with E-state index in [9.17, 15) is 13.2 Å². The van der Waals surface area contributed by atoms with Crippen LogP contribution >= 0.6 is 0 Å². The molecule has 1 rings (SSSR count). The number of nitrogens with zero attached hydrogens (tertiary/aromatic N) is 2. The monoisotopic (exact) mass is 277 g/mol. The van der Waals surface area contributed by atoms with Gasteiger partial charge in [0, 0.05) is 32.4 Å². The van der Waals surface area contributed by atoms with Gasteiger partial charge in [0.1, 0.15) is 4.75 Å². The second kappa shape index (κ2) is 5.14. The fourth-order valence-electron chi connectivity index (χ4n) is 1.98. The average Bonchev–Trinajstić information content (AvgIpc) is 2.26. The number of carbonyl (C=O) groups is 1. The highest BCUT2D eigenvalue weighted by Gasteiger charge is 2.43. The van der Waals surface area contributed by atoms with Crippen molar-refractivity contribution < 1.29 is 13.2 Å². The lowest BCUT2D eigenvalue weighted by molar-refractivity contribution is -0.137. The van der Waals surface area contributed by atoms with Gasteiger partial charge in [-0.2, -0.15) is 0 Å². The Balaban J connectivity index is 2.96. The molecule has 0 aromatic carbocycles. The quantitative estimate of drug-likeness (QED) is 0.709. The van der Waals surface area contributed by atoms with Gasteiger partial charge in [-0.3, -0.25) is 4.79 Å². The molecule has 0 saturated carbocycles. The molecular formula is C11H23N3O3S. The Morgan fingerprint density at radius 3 is 2.39 bits per heavy atom. The van der Waals surface area contributed by atoms with Gasteiger partial charge in [-0.15, -0.1) is 0 Å². The van der Waals surface area contributed by atoms with Crippen molar-refractivity contribution in [2.45, 2.75) is 24.6 Å². The standard InChI is InChI=1S/C11H23N3O3S/c1-11(2,18(4,16)17)10(15)14-6-5-13(3)8-9(14)7-12/h9H,5-8,12H2,1-4H3. The Hall–Kier alpha value is -0.660. The van der Waals surface area contributed by atoms with E-state index in [0.717, 1.165) is 12.8 Å². The normalized spacial score (nSPS) is 23.2. The number of likely N-dealkylation sites (N-methyl/N-ethyl adjacent to an activating group) is 1. The molecule has 1 fully saturated rings. The van der Waals surface area contributed by atoms with E-state index in [0.29, 0.717) is 19.6 Å². The molecular weight excluding hydrogens is 254 g/mol. The number of hydrogen-bond donors (Lipinski definition) is 1. The van der Waals surface area contributed by atoms with Crippen molar-refractivity contribution in [3.63, 3.8) is 0 Å². The molecule has 6 nitrogen and oxygen atoms in total. The van der Waals surface area contributed by atoms with Crippen LogP contribution in [0.1, 0.15) is 13.8 Å². The van der Waals surface area contributed by atoms with Crippen LogP contribution in [0.25, 0.3) is 0 Å². The van der Waals surface area contributed by atoms with E-state index >= 15 is 0 Å². The first-order chi connectivity index (χ1) is 8.11. The zero-order valence-corrected chi connectivity index (χ0v) is 12.3. The molecule has 0 spiro atoms. The number of amides is 1. The fourth-order valence-corrected chi connectivity index (χ4v) is 2.42. The van der Waals surface area contributed by atoms with Crippen LogP contribution in [0.2, 0.25) is 0 Å². The summed E-state index contributed by atoms with van der Waals surface area (Å²) >= 11 is 0. The third-order valence-electron chi connectivity index (χ3n) is 3.66. The van der Waals surface area contributed by atoms with E-state index in [1.54, 1.807) is 4.90 Å². The molecule has 1 atom stereocenters. The van der Waals surface area contributed by atoms with Crippen molar-refractivity contribution in [2.75, 3.05) is 39.5 Å². The van der Waals surface area contributed by atoms with E-state index in [1.165, 1.54) is 13.8 Å². The van der Waals surface area contributed by atoms with E-state index in [1.807, 2.05) is 7.05 Å². The minimum Gasteiger partial charge on any atom is -0.335 e. The van der Waals surface area contributed by atoms with Crippen LogP contribution in [0, 0.1) is 0 Å². The van der Waals surface area contributed by atoms with Crippen LogP contribution in [0.3, 0.4) is 0 Å². The van der Waals surface area contributed by atoms with Gasteiger partial charge >= 0.3 is 0 Å². The maximum absolute atomic E-state index is 12.4. The molecule has 1 aliphatic heterocycles. The summed E-state index contributed by atoms with van der Waals surface area (Å²) in [6.07, 6.45) is 1.10. The Morgan fingerprint density at radius 2 is 1.94 bits per heavy atom. The third-order valence-corrected chi connectivity index (χ3v) is 5.69. The molecule has 0 aromatic heterocycles. The molecule has 0 radical (unpaired) electrons. The van der Waals surface area contributed by atoms with Gasteiger partial charge in [0.25, 0.3) is 0 Å².